The third-order valence-corrected chi connectivity index (χ3v) is 5.03. The lowest BCUT2D eigenvalue weighted by Gasteiger charge is -2.33. The molecule has 0 saturated carbocycles. The number of carbonyl (C=O) groups excluding carboxylic acids is 1. The average Bonchev–Trinajstić information content (AvgIpc) is 2.58. The number of hydrogen-bond acceptors (Lipinski definition) is 2. The Hall–Kier alpha value is -1.42. The highest BCUT2D eigenvalue weighted by atomic mass is 35.5. The molecule has 1 heterocycles. The van der Waals surface area contributed by atoms with Crippen LogP contribution in [0.25, 0.3) is 0 Å². The minimum atomic E-state index is -0.0320. The van der Waals surface area contributed by atoms with Crippen molar-refractivity contribution in [2.75, 3.05) is 23.3 Å². The minimum Gasteiger partial charge on any atom is -0.371 e. The summed E-state index contributed by atoms with van der Waals surface area (Å²) in [7, 11) is 0. The van der Waals surface area contributed by atoms with Crippen molar-refractivity contribution in [2.45, 2.75) is 12.8 Å². The molecule has 2 aromatic carbocycles. The number of nitrogens with one attached hydrogen (secondary N) is 1. The van der Waals surface area contributed by atoms with Gasteiger partial charge in [-0.05, 0) is 49.2 Å². The molecule has 3 nitrogen and oxygen atoms in total. The molecule has 1 amide bonds. The molecule has 0 bridgehead atoms. The van der Waals surface area contributed by atoms with Crippen LogP contribution >= 0.6 is 34.8 Å². The average molecular weight is 384 g/mol. The van der Waals surface area contributed by atoms with E-state index < -0.39 is 0 Å². The van der Waals surface area contributed by atoms with Gasteiger partial charge in [0.25, 0.3) is 0 Å². The zero-order chi connectivity index (χ0) is 17.1. The molecule has 126 valence electrons. The number of hydrogen-bond donors (Lipinski definition) is 1. The second-order valence-corrected chi connectivity index (χ2v) is 7.13. The largest absolute Gasteiger partial charge is 0.371 e. The van der Waals surface area contributed by atoms with Gasteiger partial charge < -0.3 is 10.2 Å². The fraction of sp³-hybridized carbons (Fsp3) is 0.278. The van der Waals surface area contributed by atoms with Gasteiger partial charge in [0, 0.05) is 34.7 Å². The molecule has 0 aliphatic carbocycles. The van der Waals surface area contributed by atoms with Crippen LogP contribution in [0.15, 0.2) is 42.5 Å². The van der Waals surface area contributed by atoms with Gasteiger partial charge in [0.15, 0.2) is 0 Å². The standard InChI is InChI=1S/C18H17Cl3N2O/c19-13-2-1-3-15(10-13)23-8-6-12(7-9-23)18(24)22-17-11-14(20)4-5-16(17)21/h1-5,10-12H,6-9H2,(H,22,24). The van der Waals surface area contributed by atoms with Crippen molar-refractivity contribution in [2.24, 2.45) is 5.92 Å². The summed E-state index contributed by atoms with van der Waals surface area (Å²) in [6.07, 6.45) is 1.58. The van der Waals surface area contributed by atoms with E-state index in [4.69, 9.17) is 34.8 Å². The molecule has 24 heavy (non-hydrogen) atoms. The number of halogens is 3. The van der Waals surface area contributed by atoms with Crippen molar-refractivity contribution in [3.63, 3.8) is 0 Å². The van der Waals surface area contributed by atoms with Crippen LogP contribution in [0.2, 0.25) is 15.1 Å². The van der Waals surface area contributed by atoms with Crippen LogP contribution in [-0.4, -0.2) is 19.0 Å². The monoisotopic (exact) mass is 382 g/mol. The molecule has 1 aliphatic rings. The SMILES string of the molecule is O=C(Nc1cc(Cl)ccc1Cl)C1CCN(c2cccc(Cl)c2)CC1. The molecule has 0 aromatic heterocycles. The highest BCUT2D eigenvalue weighted by Gasteiger charge is 2.25. The Morgan fingerprint density at radius 2 is 1.71 bits per heavy atom. The van der Waals surface area contributed by atoms with Gasteiger partial charge in [0.2, 0.25) is 5.91 Å². The van der Waals surface area contributed by atoms with Gasteiger partial charge in [-0.2, -0.15) is 0 Å². The van der Waals surface area contributed by atoms with Gasteiger partial charge in [-0.25, -0.2) is 0 Å². The van der Waals surface area contributed by atoms with Gasteiger partial charge in [-0.1, -0.05) is 40.9 Å². The molecule has 6 heteroatoms. The topological polar surface area (TPSA) is 32.3 Å². The van der Waals surface area contributed by atoms with Crippen molar-refractivity contribution < 1.29 is 4.79 Å². The van der Waals surface area contributed by atoms with Crippen molar-refractivity contribution in [1.29, 1.82) is 0 Å². The van der Waals surface area contributed by atoms with Crippen LogP contribution in [0, 0.1) is 5.92 Å². The number of nitrogens with zero attached hydrogens (tertiary/aromatic N) is 1. The molecule has 0 unspecified atom stereocenters. The lowest BCUT2D eigenvalue weighted by Crippen LogP contribution is -2.38. The molecule has 2 aromatic rings. The van der Waals surface area contributed by atoms with E-state index in [-0.39, 0.29) is 11.8 Å². The molecular formula is C18H17Cl3N2O. The number of rotatable bonds is 3. The van der Waals surface area contributed by atoms with E-state index in [2.05, 4.69) is 10.2 Å². The van der Waals surface area contributed by atoms with Gasteiger partial charge >= 0.3 is 0 Å². The smallest absolute Gasteiger partial charge is 0.227 e. The Labute approximate surface area is 156 Å². The summed E-state index contributed by atoms with van der Waals surface area (Å²) < 4.78 is 0. The van der Waals surface area contributed by atoms with Gasteiger partial charge in [-0.15, -0.1) is 0 Å². The summed E-state index contributed by atoms with van der Waals surface area (Å²) in [6.45, 7) is 1.64. The first-order valence-electron chi connectivity index (χ1n) is 7.79. The van der Waals surface area contributed by atoms with E-state index in [0.29, 0.717) is 15.7 Å². The van der Waals surface area contributed by atoms with E-state index in [1.165, 1.54) is 0 Å². The summed E-state index contributed by atoms with van der Waals surface area (Å²) in [4.78, 5) is 14.7. The number of benzene rings is 2. The molecular weight excluding hydrogens is 367 g/mol. The third kappa shape index (κ3) is 4.15. The van der Waals surface area contributed by atoms with Gasteiger partial charge in [0.05, 0.1) is 10.7 Å². The van der Waals surface area contributed by atoms with Crippen LogP contribution in [0.4, 0.5) is 11.4 Å². The molecule has 0 spiro atoms. The minimum absolute atomic E-state index is 0.00934. The fourth-order valence-electron chi connectivity index (χ4n) is 2.90. The van der Waals surface area contributed by atoms with E-state index in [9.17, 15) is 4.79 Å². The maximum Gasteiger partial charge on any atom is 0.227 e. The molecule has 1 aliphatic heterocycles. The molecule has 0 atom stereocenters. The van der Waals surface area contributed by atoms with E-state index in [0.717, 1.165) is 36.6 Å². The molecule has 1 N–H and O–H groups in total. The lowest BCUT2D eigenvalue weighted by atomic mass is 9.95. The zero-order valence-corrected chi connectivity index (χ0v) is 15.2. The van der Waals surface area contributed by atoms with Gasteiger partial charge in [0.1, 0.15) is 0 Å². The van der Waals surface area contributed by atoms with Crippen molar-refractivity contribution in [1.82, 2.24) is 0 Å². The Balaban J connectivity index is 1.60. The second kappa shape index (κ2) is 7.64. The summed E-state index contributed by atoms with van der Waals surface area (Å²) >= 11 is 18.1. The maximum atomic E-state index is 12.5. The van der Waals surface area contributed by atoms with Crippen LogP contribution in [-0.2, 0) is 4.79 Å². The lowest BCUT2D eigenvalue weighted by molar-refractivity contribution is -0.120. The van der Waals surface area contributed by atoms with Gasteiger partial charge in [-0.3, -0.25) is 4.79 Å². The highest BCUT2D eigenvalue weighted by molar-refractivity contribution is 6.35. The summed E-state index contributed by atoms with van der Waals surface area (Å²) in [5, 5.41) is 4.65. The molecule has 1 fully saturated rings. The second-order valence-electron chi connectivity index (χ2n) is 5.85. The third-order valence-electron chi connectivity index (χ3n) is 4.23. The number of anilines is 2. The maximum absolute atomic E-state index is 12.5. The van der Waals surface area contributed by atoms with E-state index in [1.807, 2.05) is 24.3 Å². The Morgan fingerprint density at radius 3 is 2.42 bits per heavy atom. The predicted molar refractivity (Wildman–Crippen MR) is 101 cm³/mol. The van der Waals surface area contributed by atoms with E-state index >= 15 is 0 Å². The molecule has 0 radical (unpaired) electrons. The first kappa shape index (κ1) is 17.4. The molecule has 1 saturated heterocycles. The number of carbonyl (C=O) groups is 1. The van der Waals surface area contributed by atoms with Crippen molar-refractivity contribution in [3.8, 4) is 0 Å². The van der Waals surface area contributed by atoms with Crippen LogP contribution < -0.4 is 10.2 Å². The zero-order valence-electron chi connectivity index (χ0n) is 12.9. The highest BCUT2D eigenvalue weighted by Crippen LogP contribution is 2.29. The first-order chi connectivity index (χ1) is 11.5. The van der Waals surface area contributed by atoms with E-state index in [1.54, 1.807) is 18.2 Å². The van der Waals surface area contributed by atoms with Crippen LogP contribution in [0.3, 0.4) is 0 Å². The first-order valence-corrected chi connectivity index (χ1v) is 8.93. The molecule has 3 rings (SSSR count). The fourth-order valence-corrected chi connectivity index (χ4v) is 3.42. The summed E-state index contributed by atoms with van der Waals surface area (Å²) in [5.41, 5.74) is 1.66. The summed E-state index contributed by atoms with van der Waals surface area (Å²) in [6, 6.07) is 12.8. The quantitative estimate of drug-likeness (QED) is 0.758. The normalized spacial score (nSPS) is 15.4. The number of piperidine rings is 1. The Morgan fingerprint density at radius 1 is 1.00 bits per heavy atom. The predicted octanol–water partition coefficient (Wildman–Crippen LogP) is 5.50. The Bertz CT molecular complexity index is 743. The van der Waals surface area contributed by atoms with Crippen molar-refractivity contribution >= 4 is 52.1 Å². The van der Waals surface area contributed by atoms with Crippen molar-refractivity contribution in [3.05, 3.63) is 57.5 Å². The van der Waals surface area contributed by atoms with Crippen LogP contribution in [0.1, 0.15) is 12.8 Å². The summed E-state index contributed by atoms with van der Waals surface area (Å²) in [5.74, 6) is -0.0413. The Kier molecular flexibility index (Phi) is 5.54. The van der Waals surface area contributed by atoms with Crippen LogP contribution in [0.5, 0.6) is 0 Å². The number of amides is 1.